The van der Waals surface area contributed by atoms with Crippen molar-refractivity contribution in [2.75, 3.05) is 0 Å². The zero-order valence-electron chi connectivity index (χ0n) is 8.70. The minimum Gasteiger partial charge on any atom is -0.383 e. The van der Waals surface area contributed by atoms with Crippen molar-refractivity contribution in [2.45, 2.75) is 6.10 Å². The maximum atomic E-state index is 13.7. The van der Waals surface area contributed by atoms with Gasteiger partial charge in [-0.25, -0.2) is 4.39 Å². The predicted molar refractivity (Wildman–Crippen MR) is 66.9 cm³/mol. The van der Waals surface area contributed by atoms with E-state index in [4.69, 9.17) is 23.2 Å². The molecule has 1 N–H and O–H groups in total. The molecule has 4 heteroatoms. The molecule has 1 unspecified atom stereocenters. The Hall–Kier alpha value is -1.09. The molecule has 0 fully saturated rings. The Morgan fingerprint density at radius 3 is 2.18 bits per heavy atom. The smallest absolute Gasteiger partial charge is 0.147 e. The van der Waals surface area contributed by atoms with Gasteiger partial charge in [-0.05, 0) is 12.1 Å². The SMILES string of the molecule is OC(c1ccccc1Cl)c1cccc(Cl)c1F. The van der Waals surface area contributed by atoms with Gasteiger partial charge in [0.25, 0.3) is 0 Å². The summed E-state index contributed by atoms with van der Waals surface area (Å²) in [5.41, 5.74) is 0.570. The summed E-state index contributed by atoms with van der Waals surface area (Å²) in [5.74, 6) is -0.624. The maximum absolute atomic E-state index is 13.7. The molecule has 2 rings (SSSR count). The highest BCUT2D eigenvalue weighted by molar-refractivity contribution is 6.31. The average molecular weight is 271 g/mol. The summed E-state index contributed by atoms with van der Waals surface area (Å²) < 4.78 is 13.7. The Bertz CT molecular complexity index is 543. The van der Waals surface area contributed by atoms with Crippen molar-refractivity contribution in [3.8, 4) is 0 Å². The van der Waals surface area contributed by atoms with Crippen LogP contribution in [0.5, 0.6) is 0 Å². The van der Waals surface area contributed by atoms with Crippen LogP contribution in [0.1, 0.15) is 17.2 Å². The van der Waals surface area contributed by atoms with E-state index in [9.17, 15) is 9.50 Å². The largest absolute Gasteiger partial charge is 0.383 e. The van der Waals surface area contributed by atoms with Gasteiger partial charge in [-0.2, -0.15) is 0 Å². The third kappa shape index (κ3) is 2.44. The van der Waals surface area contributed by atoms with Crippen molar-refractivity contribution < 1.29 is 9.50 Å². The Balaban J connectivity index is 2.48. The first kappa shape index (κ1) is 12.4. The summed E-state index contributed by atoms with van der Waals surface area (Å²) in [7, 11) is 0. The first-order valence-corrected chi connectivity index (χ1v) is 5.73. The van der Waals surface area contributed by atoms with Crippen molar-refractivity contribution in [3.63, 3.8) is 0 Å². The molecule has 0 aliphatic heterocycles. The Morgan fingerprint density at radius 1 is 0.882 bits per heavy atom. The second kappa shape index (κ2) is 5.05. The zero-order valence-corrected chi connectivity index (χ0v) is 10.2. The van der Waals surface area contributed by atoms with Crippen LogP contribution in [0, 0.1) is 5.82 Å². The van der Waals surface area contributed by atoms with Gasteiger partial charge in [-0.3, -0.25) is 0 Å². The van der Waals surface area contributed by atoms with Crippen LogP contribution in [-0.4, -0.2) is 5.11 Å². The molecule has 2 aromatic carbocycles. The van der Waals surface area contributed by atoms with Crippen LogP contribution in [0.3, 0.4) is 0 Å². The molecule has 0 aromatic heterocycles. The first-order chi connectivity index (χ1) is 8.11. The number of halogens is 3. The zero-order chi connectivity index (χ0) is 12.4. The highest BCUT2D eigenvalue weighted by Gasteiger charge is 2.18. The summed E-state index contributed by atoms with van der Waals surface area (Å²) in [5, 5.41) is 10.5. The van der Waals surface area contributed by atoms with Gasteiger partial charge in [-0.1, -0.05) is 53.5 Å². The van der Waals surface area contributed by atoms with Crippen LogP contribution in [0.15, 0.2) is 42.5 Å². The fraction of sp³-hybridized carbons (Fsp3) is 0.0769. The van der Waals surface area contributed by atoms with E-state index in [-0.39, 0.29) is 10.6 Å². The molecule has 1 atom stereocenters. The molecule has 0 radical (unpaired) electrons. The van der Waals surface area contributed by atoms with Crippen molar-refractivity contribution >= 4 is 23.2 Å². The molecule has 1 nitrogen and oxygen atoms in total. The number of benzene rings is 2. The average Bonchev–Trinajstić information content (AvgIpc) is 2.32. The molecule has 0 spiro atoms. The molecule has 88 valence electrons. The minimum absolute atomic E-state index is 0.0198. The predicted octanol–water partition coefficient (Wildman–Crippen LogP) is 4.21. The summed E-state index contributed by atoms with van der Waals surface area (Å²) >= 11 is 11.6. The summed E-state index contributed by atoms with van der Waals surface area (Å²) in [4.78, 5) is 0. The summed E-state index contributed by atoms with van der Waals surface area (Å²) in [6.07, 6.45) is -1.12. The van der Waals surface area contributed by atoms with Gasteiger partial charge in [-0.15, -0.1) is 0 Å². The highest BCUT2D eigenvalue weighted by atomic mass is 35.5. The lowest BCUT2D eigenvalue weighted by molar-refractivity contribution is 0.215. The fourth-order valence-electron chi connectivity index (χ4n) is 1.60. The number of aliphatic hydroxyl groups excluding tert-OH is 1. The lowest BCUT2D eigenvalue weighted by atomic mass is 10.0. The van der Waals surface area contributed by atoms with Crippen molar-refractivity contribution in [3.05, 3.63) is 69.5 Å². The molecular weight excluding hydrogens is 262 g/mol. The standard InChI is InChI=1S/C13H9Cl2FO/c14-10-6-2-1-4-8(10)13(17)9-5-3-7-11(15)12(9)16/h1-7,13,17H. The number of rotatable bonds is 2. The van der Waals surface area contributed by atoms with E-state index in [0.717, 1.165) is 0 Å². The molecule has 0 heterocycles. The van der Waals surface area contributed by atoms with Crippen molar-refractivity contribution in [2.24, 2.45) is 0 Å². The first-order valence-electron chi connectivity index (χ1n) is 4.97. The highest BCUT2D eigenvalue weighted by Crippen LogP contribution is 2.31. The molecule has 17 heavy (non-hydrogen) atoms. The fourth-order valence-corrected chi connectivity index (χ4v) is 2.02. The third-order valence-corrected chi connectivity index (χ3v) is 3.11. The van der Waals surface area contributed by atoms with Gasteiger partial charge in [0.2, 0.25) is 0 Å². The molecule has 0 bridgehead atoms. The van der Waals surface area contributed by atoms with Crippen LogP contribution in [0.25, 0.3) is 0 Å². The molecule has 0 amide bonds. The van der Waals surface area contributed by atoms with Crippen LogP contribution in [-0.2, 0) is 0 Å². The van der Waals surface area contributed by atoms with E-state index in [2.05, 4.69) is 0 Å². The summed E-state index contributed by atoms with van der Waals surface area (Å²) in [6, 6.07) is 11.3. The Kier molecular flexibility index (Phi) is 3.67. The van der Waals surface area contributed by atoms with Crippen LogP contribution in [0.4, 0.5) is 4.39 Å². The van der Waals surface area contributed by atoms with Gasteiger partial charge in [0.05, 0.1) is 5.02 Å². The van der Waals surface area contributed by atoms with Crippen LogP contribution < -0.4 is 0 Å². The molecule has 2 aromatic rings. The van der Waals surface area contributed by atoms with E-state index in [1.165, 1.54) is 12.1 Å². The number of hydrogen-bond acceptors (Lipinski definition) is 1. The number of hydrogen-bond donors (Lipinski definition) is 1. The molecule has 0 aliphatic carbocycles. The van der Waals surface area contributed by atoms with Crippen molar-refractivity contribution in [1.29, 1.82) is 0 Å². The quantitative estimate of drug-likeness (QED) is 0.867. The van der Waals surface area contributed by atoms with Gasteiger partial charge in [0, 0.05) is 16.1 Å². The lowest BCUT2D eigenvalue weighted by Crippen LogP contribution is -2.03. The normalized spacial score (nSPS) is 12.5. The Morgan fingerprint density at radius 2 is 1.47 bits per heavy atom. The van der Waals surface area contributed by atoms with Crippen molar-refractivity contribution in [1.82, 2.24) is 0 Å². The van der Waals surface area contributed by atoms with E-state index in [1.807, 2.05) is 0 Å². The minimum atomic E-state index is -1.12. The van der Waals surface area contributed by atoms with Crippen LogP contribution in [0.2, 0.25) is 10.0 Å². The second-order valence-electron chi connectivity index (χ2n) is 3.57. The molecule has 0 aliphatic rings. The Labute approximate surface area is 108 Å². The van der Waals surface area contributed by atoms with Gasteiger partial charge < -0.3 is 5.11 Å². The topological polar surface area (TPSA) is 20.2 Å². The molecule has 0 saturated carbocycles. The van der Waals surface area contributed by atoms with E-state index in [0.29, 0.717) is 10.6 Å². The number of aliphatic hydroxyl groups is 1. The molecular formula is C13H9Cl2FO. The molecule has 0 saturated heterocycles. The van der Waals surface area contributed by atoms with E-state index < -0.39 is 11.9 Å². The van der Waals surface area contributed by atoms with E-state index >= 15 is 0 Å². The third-order valence-electron chi connectivity index (χ3n) is 2.48. The maximum Gasteiger partial charge on any atom is 0.147 e. The van der Waals surface area contributed by atoms with Gasteiger partial charge in [0.15, 0.2) is 0 Å². The van der Waals surface area contributed by atoms with Gasteiger partial charge in [0.1, 0.15) is 11.9 Å². The lowest BCUT2D eigenvalue weighted by Gasteiger charge is -2.14. The van der Waals surface area contributed by atoms with Gasteiger partial charge >= 0.3 is 0 Å². The van der Waals surface area contributed by atoms with E-state index in [1.54, 1.807) is 30.3 Å². The monoisotopic (exact) mass is 270 g/mol. The summed E-state index contributed by atoms with van der Waals surface area (Å²) in [6.45, 7) is 0. The second-order valence-corrected chi connectivity index (χ2v) is 4.38. The van der Waals surface area contributed by atoms with Crippen LogP contribution >= 0.6 is 23.2 Å².